The summed E-state index contributed by atoms with van der Waals surface area (Å²) in [4.78, 5) is 77.0. The number of anilines is 2. The summed E-state index contributed by atoms with van der Waals surface area (Å²) in [5.41, 5.74) is -2.71. The number of non-ortho nitro benzene ring substituents is 1. The molecule has 0 saturated carbocycles. The number of alkyl carbamates (subject to hydrolysis) is 4. The summed E-state index contributed by atoms with van der Waals surface area (Å²) in [5, 5.41) is 23.5. The van der Waals surface area contributed by atoms with E-state index in [0.29, 0.717) is 24.2 Å². The molecule has 2 fully saturated rings. The third-order valence-electron chi connectivity index (χ3n) is 8.21. The number of rotatable bonds is 7. The topological polar surface area (TPSA) is 229 Å². The van der Waals surface area contributed by atoms with Crippen molar-refractivity contribution < 1.29 is 43.0 Å². The molecule has 0 radical (unpaired) electrons. The highest BCUT2D eigenvalue weighted by Crippen LogP contribution is 2.34. The molecule has 2 aliphatic rings. The van der Waals surface area contributed by atoms with Crippen LogP contribution in [0, 0.1) is 10.1 Å². The predicted octanol–water partition coefficient (Wildman–Crippen LogP) is 5.53. The van der Waals surface area contributed by atoms with Crippen molar-refractivity contribution in [2.75, 3.05) is 36.0 Å². The summed E-state index contributed by atoms with van der Waals surface area (Å²) in [6.07, 6.45) is -1.98. The van der Waals surface area contributed by atoms with Gasteiger partial charge in [-0.2, -0.15) is 0 Å². The number of nitrogens with one attached hydrogen (secondary N) is 4. The second kappa shape index (κ2) is 17.0. The Kier molecular flexibility index (Phi) is 13.2. The number of fused-ring (bicyclic) bond motifs is 1. The Hall–Kier alpha value is -5.36. The standard InChI is InChI=1S/C38H59N9O10/c1-35(2,3)54-31(48)39-22-15-23(40-32(49)55-36(4,5)6)19-45(18-22)29-30(44-28-17-26(47(52)53)13-14-27(28)43-29)46-20-24(41-33(50)56-37(7,8)9)16-25(21-46)42-34(51)57-38(10,11)12/h13-14,17,22-25H,15-16,18-21H2,1-12H3,(H,39,48)(H,40,49)(H,41,50)(H,42,51). The van der Waals surface area contributed by atoms with Gasteiger partial charge >= 0.3 is 24.4 Å². The highest BCUT2D eigenvalue weighted by molar-refractivity contribution is 5.83. The number of piperidine rings is 2. The van der Waals surface area contributed by atoms with E-state index >= 15 is 0 Å². The van der Waals surface area contributed by atoms with Crippen LogP contribution in [-0.2, 0) is 18.9 Å². The van der Waals surface area contributed by atoms with Crippen molar-refractivity contribution in [2.45, 2.75) is 142 Å². The number of ether oxygens (including phenoxy) is 4. The molecule has 0 spiro atoms. The average molecular weight is 802 g/mol. The number of nitrogens with zero attached hydrogens (tertiary/aromatic N) is 5. The van der Waals surface area contributed by atoms with Crippen molar-refractivity contribution in [3.8, 4) is 0 Å². The van der Waals surface area contributed by atoms with E-state index in [1.54, 1.807) is 83.1 Å². The minimum absolute atomic E-state index is 0.181. The lowest BCUT2D eigenvalue weighted by atomic mass is 9.99. The molecule has 4 N–H and O–H groups in total. The van der Waals surface area contributed by atoms with Crippen LogP contribution in [0.3, 0.4) is 0 Å². The molecule has 2 aromatic rings. The normalized spacial score (nSPS) is 20.6. The van der Waals surface area contributed by atoms with E-state index in [0.717, 1.165) is 0 Å². The van der Waals surface area contributed by atoms with Gasteiger partial charge in [0.05, 0.1) is 40.1 Å². The van der Waals surface area contributed by atoms with Gasteiger partial charge < -0.3 is 50.0 Å². The SMILES string of the molecule is CC(C)(C)OC(=O)NC1CC(NC(=O)OC(C)(C)C)CN(c2nc3ccc([N+](=O)[O-])cc3nc2N2CC(NC(=O)OC(C)(C)C)CC(NC(=O)OC(C)(C)C)C2)C1. The van der Waals surface area contributed by atoms with Gasteiger partial charge in [0.15, 0.2) is 11.6 Å². The molecule has 4 amide bonds. The van der Waals surface area contributed by atoms with Crippen molar-refractivity contribution in [1.82, 2.24) is 31.2 Å². The van der Waals surface area contributed by atoms with Gasteiger partial charge in [-0.25, -0.2) is 29.1 Å². The first-order valence-electron chi connectivity index (χ1n) is 19.1. The lowest BCUT2D eigenvalue weighted by Gasteiger charge is -2.43. The molecule has 0 aliphatic carbocycles. The van der Waals surface area contributed by atoms with Gasteiger partial charge in [0, 0.05) is 38.3 Å². The minimum Gasteiger partial charge on any atom is -0.444 e. The molecule has 1 aromatic carbocycles. The third kappa shape index (κ3) is 14.3. The fourth-order valence-corrected chi connectivity index (χ4v) is 6.42. The lowest BCUT2D eigenvalue weighted by Crippen LogP contribution is -2.59. The summed E-state index contributed by atoms with van der Waals surface area (Å²) >= 11 is 0. The van der Waals surface area contributed by atoms with Crippen LogP contribution in [0.15, 0.2) is 18.2 Å². The number of hydrogen-bond acceptors (Lipinski definition) is 14. The summed E-state index contributed by atoms with van der Waals surface area (Å²) < 4.78 is 22.2. The second-order valence-corrected chi connectivity index (χ2v) is 18.5. The van der Waals surface area contributed by atoms with Gasteiger partial charge in [0.2, 0.25) is 0 Å². The number of carbonyl (C=O) groups is 4. The van der Waals surface area contributed by atoms with E-state index < -0.39 is 75.9 Å². The van der Waals surface area contributed by atoms with E-state index in [2.05, 4.69) is 21.3 Å². The van der Waals surface area contributed by atoms with E-state index in [-0.39, 0.29) is 43.2 Å². The fraction of sp³-hybridized carbons (Fsp3) is 0.684. The molecular weight excluding hydrogens is 742 g/mol. The van der Waals surface area contributed by atoms with Gasteiger partial charge in [-0.15, -0.1) is 0 Å². The Morgan fingerprint density at radius 1 is 0.579 bits per heavy atom. The summed E-state index contributed by atoms with van der Waals surface area (Å²) in [6.45, 7) is 21.8. The van der Waals surface area contributed by atoms with E-state index in [1.165, 1.54) is 18.2 Å². The number of carbonyl (C=O) groups excluding carboxylic acids is 4. The Morgan fingerprint density at radius 3 is 1.16 bits per heavy atom. The number of amides is 4. The molecule has 4 unspecified atom stereocenters. The predicted molar refractivity (Wildman–Crippen MR) is 212 cm³/mol. The zero-order valence-corrected chi connectivity index (χ0v) is 35.1. The van der Waals surface area contributed by atoms with Gasteiger partial charge in [-0.1, -0.05) is 0 Å². The molecule has 2 aliphatic heterocycles. The number of benzene rings is 1. The quantitative estimate of drug-likeness (QED) is 0.153. The van der Waals surface area contributed by atoms with Crippen LogP contribution in [0.1, 0.15) is 95.9 Å². The van der Waals surface area contributed by atoms with Crippen LogP contribution in [-0.4, -0.2) is 112 Å². The van der Waals surface area contributed by atoms with Gasteiger partial charge in [0.1, 0.15) is 22.4 Å². The monoisotopic (exact) mass is 801 g/mol. The maximum Gasteiger partial charge on any atom is 0.407 e. The minimum atomic E-state index is -0.777. The Labute approximate surface area is 333 Å². The van der Waals surface area contributed by atoms with Crippen LogP contribution in [0.2, 0.25) is 0 Å². The zero-order valence-electron chi connectivity index (χ0n) is 35.1. The van der Waals surface area contributed by atoms with Crippen molar-refractivity contribution in [3.63, 3.8) is 0 Å². The smallest absolute Gasteiger partial charge is 0.407 e. The van der Waals surface area contributed by atoms with Crippen LogP contribution < -0.4 is 31.1 Å². The first kappa shape index (κ1) is 44.4. The molecule has 57 heavy (non-hydrogen) atoms. The molecule has 2 saturated heterocycles. The van der Waals surface area contributed by atoms with Crippen molar-refractivity contribution in [2.24, 2.45) is 0 Å². The van der Waals surface area contributed by atoms with Gasteiger partial charge in [-0.3, -0.25) is 10.1 Å². The van der Waals surface area contributed by atoms with Gasteiger partial charge in [-0.05, 0) is 102 Å². The van der Waals surface area contributed by atoms with Crippen molar-refractivity contribution in [1.29, 1.82) is 0 Å². The first-order valence-corrected chi connectivity index (χ1v) is 19.1. The van der Waals surface area contributed by atoms with Crippen LogP contribution in [0.25, 0.3) is 11.0 Å². The molecule has 3 heterocycles. The molecule has 316 valence electrons. The number of nitro groups is 1. The summed E-state index contributed by atoms with van der Waals surface area (Å²) in [7, 11) is 0. The fourth-order valence-electron chi connectivity index (χ4n) is 6.42. The largest absolute Gasteiger partial charge is 0.444 e. The molecule has 4 rings (SSSR count). The van der Waals surface area contributed by atoms with E-state index in [1.807, 2.05) is 9.80 Å². The maximum atomic E-state index is 13.0. The van der Waals surface area contributed by atoms with Crippen molar-refractivity contribution in [3.05, 3.63) is 28.3 Å². The number of nitro benzene ring substituents is 1. The first-order chi connectivity index (χ1) is 26.1. The highest BCUT2D eigenvalue weighted by atomic mass is 16.6. The number of hydrogen-bond donors (Lipinski definition) is 4. The van der Waals surface area contributed by atoms with E-state index in [4.69, 9.17) is 28.9 Å². The Morgan fingerprint density at radius 2 is 0.877 bits per heavy atom. The maximum absolute atomic E-state index is 13.0. The molecule has 1 aromatic heterocycles. The van der Waals surface area contributed by atoms with Crippen LogP contribution in [0.4, 0.5) is 36.5 Å². The number of aromatic nitrogens is 2. The summed E-state index contributed by atoms with van der Waals surface area (Å²) in [6, 6.07) is 1.89. The highest BCUT2D eigenvalue weighted by Gasteiger charge is 2.38. The zero-order chi connectivity index (χ0) is 42.7. The third-order valence-corrected chi connectivity index (χ3v) is 8.21. The Bertz CT molecular complexity index is 1740. The lowest BCUT2D eigenvalue weighted by molar-refractivity contribution is -0.384. The van der Waals surface area contributed by atoms with Gasteiger partial charge in [0.25, 0.3) is 5.69 Å². The molecule has 0 bridgehead atoms. The average Bonchev–Trinajstić information content (AvgIpc) is 2.99. The van der Waals surface area contributed by atoms with E-state index in [9.17, 15) is 29.3 Å². The second-order valence-electron chi connectivity index (χ2n) is 18.5. The van der Waals surface area contributed by atoms with Crippen LogP contribution in [0.5, 0.6) is 0 Å². The van der Waals surface area contributed by atoms with Crippen molar-refractivity contribution >= 4 is 52.7 Å². The molecule has 19 heteroatoms. The molecule has 4 atom stereocenters. The molecule has 19 nitrogen and oxygen atoms in total. The summed E-state index contributed by atoms with van der Waals surface area (Å²) in [5.74, 6) is 0.612. The van der Waals surface area contributed by atoms with Crippen LogP contribution >= 0.6 is 0 Å². The Balaban J connectivity index is 1.81. The molecular formula is C38H59N9O10.